The lowest BCUT2D eigenvalue weighted by molar-refractivity contribution is 0.173. The van der Waals surface area contributed by atoms with Gasteiger partial charge in [0.05, 0.1) is 0 Å². The Morgan fingerprint density at radius 3 is 3.00 bits per heavy atom. The molecule has 2 aliphatic heterocycles. The molecular weight excluding hydrogens is 252 g/mol. The third kappa shape index (κ3) is 2.73. The van der Waals surface area contributed by atoms with Gasteiger partial charge >= 0.3 is 0 Å². The van der Waals surface area contributed by atoms with E-state index in [1.54, 1.807) is 6.07 Å². The van der Waals surface area contributed by atoms with E-state index in [0.717, 1.165) is 44.2 Å². The van der Waals surface area contributed by atoms with Crippen molar-refractivity contribution in [1.82, 2.24) is 15.3 Å². The Bertz CT molecular complexity index is 513. The SMILES string of the molecule is CCc1nc(N2CCCC3(CCCNC3)C2)cc(=O)[nH]1. The van der Waals surface area contributed by atoms with Crippen molar-refractivity contribution < 1.29 is 0 Å². The first-order valence-corrected chi connectivity index (χ1v) is 7.77. The maximum atomic E-state index is 11.7. The van der Waals surface area contributed by atoms with Gasteiger partial charge in [0.15, 0.2) is 0 Å². The Balaban J connectivity index is 1.83. The topological polar surface area (TPSA) is 61.0 Å². The quantitative estimate of drug-likeness (QED) is 0.855. The van der Waals surface area contributed by atoms with Crippen LogP contribution in [0, 0.1) is 5.41 Å². The maximum absolute atomic E-state index is 11.7. The molecule has 0 bridgehead atoms. The Morgan fingerprint density at radius 2 is 2.25 bits per heavy atom. The van der Waals surface area contributed by atoms with Crippen LogP contribution in [0.15, 0.2) is 10.9 Å². The van der Waals surface area contributed by atoms with E-state index in [1.807, 2.05) is 6.92 Å². The normalized spacial score (nSPS) is 26.9. The van der Waals surface area contributed by atoms with E-state index in [9.17, 15) is 4.79 Å². The number of hydrogen-bond donors (Lipinski definition) is 2. The van der Waals surface area contributed by atoms with Crippen LogP contribution in [0.25, 0.3) is 0 Å². The number of piperidine rings is 2. The molecule has 1 aromatic heterocycles. The first-order valence-electron chi connectivity index (χ1n) is 7.77. The Hall–Kier alpha value is -1.36. The number of rotatable bonds is 2. The van der Waals surface area contributed by atoms with Gasteiger partial charge in [-0.1, -0.05) is 6.92 Å². The molecule has 110 valence electrons. The number of nitrogens with zero attached hydrogens (tertiary/aromatic N) is 2. The fraction of sp³-hybridized carbons (Fsp3) is 0.733. The number of aromatic nitrogens is 2. The monoisotopic (exact) mass is 276 g/mol. The van der Waals surface area contributed by atoms with E-state index in [4.69, 9.17) is 0 Å². The lowest BCUT2D eigenvalue weighted by Crippen LogP contribution is -2.51. The van der Waals surface area contributed by atoms with E-state index in [1.165, 1.54) is 25.7 Å². The van der Waals surface area contributed by atoms with Crippen LogP contribution in [0.5, 0.6) is 0 Å². The zero-order valence-electron chi connectivity index (χ0n) is 12.2. The summed E-state index contributed by atoms with van der Waals surface area (Å²) in [6.45, 7) is 6.31. The van der Waals surface area contributed by atoms with Gasteiger partial charge in [0.25, 0.3) is 5.56 Å². The summed E-state index contributed by atoms with van der Waals surface area (Å²) in [6, 6.07) is 1.65. The van der Waals surface area contributed by atoms with E-state index in [-0.39, 0.29) is 5.56 Å². The number of anilines is 1. The largest absolute Gasteiger partial charge is 0.356 e. The predicted octanol–water partition coefficient (Wildman–Crippen LogP) is 1.30. The van der Waals surface area contributed by atoms with Gasteiger partial charge in [0, 0.05) is 37.5 Å². The molecule has 1 spiro atoms. The highest BCUT2D eigenvalue weighted by Gasteiger charge is 2.37. The second-order valence-electron chi connectivity index (χ2n) is 6.21. The average molecular weight is 276 g/mol. The molecule has 1 atom stereocenters. The van der Waals surface area contributed by atoms with Crippen molar-refractivity contribution in [1.29, 1.82) is 0 Å². The summed E-state index contributed by atoms with van der Waals surface area (Å²) >= 11 is 0. The zero-order chi connectivity index (χ0) is 14.0. The van der Waals surface area contributed by atoms with Crippen molar-refractivity contribution in [3.05, 3.63) is 22.2 Å². The van der Waals surface area contributed by atoms with Gasteiger partial charge < -0.3 is 15.2 Å². The molecule has 2 fully saturated rings. The van der Waals surface area contributed by atoms with Crippen LogP contribution in [0.3, 0.4) is 0 Å². The number of H-pyrrole nitrogens is 1. The number of hydrogen-bond acceptors (Lipinski definition) is 4. The van der Waals surface area contributed by atoms with Crippen LogP contribution in [0.2, 0.25) is 0 Å². The van der Waals surface area contributed by atoms with Crippen molar-refractivity contribution in [3.63, 3.8) is 0 Å². The van der Waals surface area contributed by atoms with E-state index in [0.29, 0.717) is 5.41 Å². The van der Waals surface area contributed by atoms with E-state index < -0.39 is 0 Å². The summed E-state index contributed by atoms with van der Waals surface area (Å²) < 4.78 is 0. The summed E-state index contributed by atoms with van der Waals surface area (Å²) in [4.78, 5) is 21.5. The average Bonchev–Trinajstić information content (AvgIpc) is 2.47. The molecule has 1 aromatic rings. The molecule has 2 saturated heterocycles. The van der Waals surface area contributed by atoms with Gasteiger partial charge in [-0.3, -0.25) is 4.79 Å². The summed E-state index contributed by atoms with van der Waals surface area (Å²) in [5.74, 6) is 1.64. The van der Waals surface area contributed by atoms with Crippen molar-refractivity contribution in [3.8, 4) is 0 Å². The summed E-state index contributed by atoms with van der Waals surface area (Å²) in [5, 5.41) is 3.54. The highest BCUT2D eigenvalue weighted by Crippen LogP contribution is 2.36. The predicted molar refractivity (Wildman–Crippen MR) is 80.2 cm³/mol. The second kappa shape index (κ2) is 5.56. The summed E-state index contributed by atoms with van der Waals surface area (Å²) in [6.07, 6.45) is 5.80. The van der Waals surface area contributed by atoms with Crippen LogP contribution < -0.4 is 15.8 Å². The molecule has 2 N–H and O–H groups in total. The molecule has 0 aliphatic carbocycles. The molecule has 5 nitrogen and oxygen atoms in total. The smallest absolute Gasteiger partial charge is 0.252 e. The van der Waals surface area contributed by atoms with Gasteiger partial charge in [0.2, 0.25) is 0 Å². The minimum atomic E-state index is -0.0340. The fourth-order valence-corrected chi connectivity index (χ4v) is 3.61. The summed E-state index contributed by atoms with van der Waals surface area (Å²) in [7, 11) is 0. The Kier molecular flexibility index (Phi) is 3.78. The lowest BCUT2D eigenvalue weighted by atomic mass is 9.74. The third-order valence-electron chi connectivity index (χ3n) is 4.66. The molecule has 2 aliphatic rings. The van der Waals surface area contributed by atoms with Crippen LogP contribution >= 0.6 is 0 Å². The van der Waals surface area contributed by atoms with Gasteiger partial charge in [0.1, 0.15) is 11.6 Å². The van der Waals surface area contributed by atoms with Crippen LogP contribution in [0.4, 0.5) is 5.82 Å². The van der Waals surface area contributed by atoms with Gasteiger partial charge in [-0.25, -0.2) is 4.98 Å². The van der Waals surface area contributed by atoms with Crippen molar-refractivity contribution >= 4 is 5.82 Å². The number of aromatic amines is 1. The molecule has 0 radical (unpaired) electrons. The second-order valence-corrected chi connectivity index (χ2v) is 6.21. The minimum Gasteiger partial charge on any atom is -0.356 e. The van der Waals surface area contributed by atoms with E-state index >= 15 is 0 Å². The maximum Gasteiger partial charge on any atom is 0.252 e. The number of aryl methyl sites for hydroxylation is 1. The highest BCUT2D eigenvalue weighted by atomic mass is 16.1. The molecule has 5 heteroatoms. The first-order chi connectivity index (χ1) is 9.71. The molecular formula is C15H24N4O. The van der Waals surface area contributed by atoms with Crippen molar-refractivity contribution in [2.24, 2.45) is 5.41 Å². The molecule has 1 unspecified atom stereocenters. The van der Waals surface area contributed by atoms with Crippen molar-refractivity contribution in [2.75, 3.05) is 31.1 Å². The van der Waals surface area contributed by atoms with Gasteiger partial charge in [-0.15, -0.1) is 0 Å². The minimum absolute atomic E-state index is 0.0340. The lowest BCUT2D eigenvalue weighted by Gasteiger charge is -2.45. The molecule has 0 aromatic carbocycles. The van der Waals surface area contributed by atoms with Crippen molar-refractivity contribution in [2.45, 2.75) is 39.0 Å². The van der Waals surface area contributed by atoms with Crippen LogP contribution in [0.1, 0.15) is 38.4 Å². The zero-order valence-corrected chi connectivity index (χ0v) is 12.2. The Morgan fingerprint density at radius 1 is 1.40 bits per heavy atom. The first kappa shape index (κ1) is 13.6. The van der Waals surface area contributed by atoms with Crippen LogP contribution in [-0.2, 0) is 6.42 Å². The summed E-state index contributed by atoms with van der Waals surface area (Å²) in [5.41, 5.74) is 0.348. The van der Waals surface area contributed by atoms with Gasteiger partial charge in [-0.2, -0.15) is 0 Å². The van der Waals surface area contributed by atoms with Crippen LogP contribution in [-0.4, -0.2) is 36.1 Å². The number of nitrogens with one attached hydrogen (secondary N) is 2. The Labute approximate surface area is 119 Å². The molecule has 3 rings (SSSR count). The third-order valence-corrected chi connectivity index (χ3v) is 4.66. The highest BCUT2D eigenvalue weighted by molar-refractivity contribution is 5.38. The standard InChI is InChI=1S/C15H24N4O/c1-2-12-17-13(9-14(20)18-12)19-8-4-6-15(11-19)5-3-7-16-10-15/h9,16H,2-8,10-11H2,1H3,(H,17,18,20). The molecule has 0 saturated carbocycles. The molecule has 0 amide bonds. The van der Waals surface area contributed by atoms with E-state index in [2.05, 4.69) is 20.2 Å². The van der Waals surface area contributed by atoms with Gasteiger partial charge in [-0.05, 0) is 32.2 Å². The molecule has 3 heterocycles. The molecule has 20 heavy (non-hydrogen) atoms. The fourth-order valence-electron chi connectivity index (χ4n) is 3.61.